The number of guanidine groups is 1. The highest BCUT2D eigenvalue weighted by Crippen LogP contribution is 2.20. The lowest BCUT2D eigenvalue weighted by molar-refractivity contribution is -0.144. The van der Waals surface area contributed by atoms with E-state index in [2.05, 4.69) is 41.9 Å². The maximum atomic E-state index is 14.1. The van der Waals surface area contributed by atoms with Crippen LogP contribution >= 0.6 is 11.6 Å². The molecule has 1 heterocycles. The Labute approximate surface area is 428 Å². The molecule has 28 heteroatoms. The molecule has 0 unspecified atom stereocenters. The molecule has 2 rings (SSSR count). The Morgan fingerprint density at radius 3 is 2.03 bits per heavy atom. The molecule has 0 bridgehead atoms. The van der Waals surface area contributed by atoms with Crippen LogP contribution in [0.2, 0.25) is 5.02 Å². The van der Waals surface area contributed by atoms with E-state index in [0.29, 0.717) is 42.8 Å². The van der Waals surface area contributed by atoms with Crippen LogP contribution in [-0.2, 0) is 49.6 Å². The Morgan fingerprint density at radius 2 is 1.45 bits per heavy atom. The third-order valence-corrected chi connectivity index (χ3v) is 11.5. The molecule has 1 saturated heterocycles. The van der Waals surface area contributed by atoms with Crippen LogP contribution in [0.1, 0.15) is 76.7 Å². The molecule has 8 amide bonds. The number of rotatable bonds is 33. The molecule has 22 N–H and O–H groups in total. The number of aliphatic imine (C=N–C) groups is 2. The number of hydrogen-bond acceptors (Lipinski definition) is 16. The minimum absolute atomic E-state index is 0.0366. The molecule has 1 aliphatic rings. The average Bonchev–Trinajstić information content (AvgIpc) is 3.33. The van der Waals surface area contributed by atoms with Crippen LogP contribution in [0, 0.1) is 0 Å². The predicted molar refractivity (Wildman–Crippen MR) is 270 cm³/mol. The van der Waals surface area contributed by atoms with Crippen molar-refractivity contribution in [3.63, 3.8) is 0 Å². The lowest BCUT2D eigenvalue weighted by atomic mass is 9.98. The van der Waals surface area contributed by atoms with Gasteiger partial charge in [-0.25, -0.2) is 9.79 Å². The van der Waals surface area contributed by atoms with Crippen LogP contribution < -0.4 is 72.0 Å². The smallest absolute Gasteiger partial charge is 0.352 e. The zero-order valence-electron chi connectivity index (χ0n) is 41.0. The van der Waals surface area contributed by atoms with Crippen molar-refractivity contribution in [2.45, 2.75) is 120 Å². The molecule has 1 aliphatic heterocycles. The number of carbonyl (C=O) groups is 9. The van der Waals surface area contributed by atoms with E-state index in [1.54, 1.807) is 24.3 Å². The van der Waals surface area contributed by atoms with Crippen molar-refractivity contribution >= 4 is 76.5 Å². The van der Waals surface area contributed by atoms with Gasteiger partial charge < -0.3 is 87.1 Å². The second-order valence-corrected chi connectivity index (χ2v) is 17.5. The standard InChI is InChI=1S/C45H73ClN16O11/c1-25(56-42(70)36(34(63)23-50)61-38(66)28(51)8-2-4-17-47)37(65)55-24-35(64)57-30(10-6-19-49)43(71)62-21-16-33(62)41(69)60-32(22-26-12-14-27(46)15-13-26)40(68)58-29(9-3-5-18-48)39(67)59-31(44(72)73)11-7-20-54-45(52)53/h11-15,25,28-29,32-34,36,63H,2-10,16-24,47-51H2,1H3,(H,55,65)(H,56,70)(H,58,68)(H,59,67)(H,60,69)(H,61,66)(H,72,73)(H4,52,53,54)/b31-11-,57-30?/t25-,28-,29-,32-,33-,34-,36-/m0/s1. The molecule has 0 radical (unpaired) electrons. The number of carboxylic acid groups (broad SMARTS) is 1. The van der Waals surface area contributed by atoms with Gasteiger partial charge in [-0.15, -0.1) is 0 Å². The summed E-state index contributed by atoms with van der Waals surface area (Å²) in [7, 11) is 0. The highest BCUT2D eigenvalue weighted by molar-refractivity contribution is 6.41. The van der Waals surface area contributed by atoms with Crippen LogP contribution in [0.25, 0.3) is 0 Å². The van der Waals surface area contributed by atoms with E-state index in [0.717, 1.165) is 4.90 Å². The molecule has 1 aromatic rings. The topological polar surface area (TPSA) is 476 Å². The molecule has 0 aromatic heterocycles. The maximum absolute atomic E-state index is 14.1. The second kappa shape index (κ2) is 33.2. The summed E-state index contributed by atoms with van der Waals surface area (Å²) in [6.45, 7) is 0.976. The van der Waals surface area contributed by atoms with E-state index in [4.69, 9.17) is 51.7 Å². The molecule has 27 nitrogen and oxygen atoms in total. The van der Waals surface area contributed by atoms with Crippen LogP contribution in [-0.4, -0.2) is 168 Å². The fraction of sp³-hybridized carbons (Fsp3) is 0.578. The van der Waals surface area contributed by atoms with Gasteiger partial charge in [-0.05, 0) is 102 Å². The number of carboxylic acids is 1. The fourth-order valence-electron chi connectivity index (χ4n) is 6.98. The van der Waals surface area contributed by atoms with Gasteiger partial charge >= 0.3 is 5.97 Å². The van der Waals surface area contributed by atoms with Crippen LogP contribution in [0.3, 0.4) is 0 Å². The summed E-state index contributed by atoms with van der Waals surface area (Å²) in [5.41, 5.74) is 38.8. The van der Waals surface area contributed by atoms with Crippen molar-refractivity contribution in [3.8, 4) is 0 Å². The third-order valence-electron chi connectivity index (χ3n) is 11.2. The van der Waals surface area contributed by atoms with Crippen LogP contribution in [0.4, 0.5) is 0 Å². The first-order valence-electron chi connectivity index (χ1n) is 23.9. The summed E-state index contributed by atoms with van der Waals surface area (Å²) < 4.78 is 0. The van der Waals surface area contributed by atoms with Gasteiger partial charge in [0, 0.05) is 31.1 Å². The van der Waals surface area contributed by atoms with Crippen LogP contribution in [0.5, 0.6) is 0 Å². The number of unbranched alkanes of at least 4 members (excludes halogenated alkanes) is 2. The Hall–Kier alpha value is -6.62. The van der Waals surface area contributed by atoms with E-state index in [9.17, 15) is 53.4 Å². The Bertz CT molecular complexity index is 2140. The lowest BCUT2D eigenvalue weighted by Gasteiger charge is -2.40. The molecule has 0 aliphatic carbocycles. The highest BCUT2D eigenvalue weighted by Gasteiger charge is 2.41. The predicted octanol–water partition coefficient (Wildman–Crippen LogP) is -5.08. The normalized spacial score (nSPS) is 15.9. The summed E-state index contributed by atoms with van der Waals surface area (Å²) in [6, 6.07) is -1.28. The molecular weight excluding hydrogens is 976 g/mol. The number of amides is 8. The third kappa shape index (κ3) is 22.4. The SMILES string of the molecule is C[C@H](NC(=O)[C@@H](NC(=O)[C@@H](N)CCCCN)[C@@H](O)CN)C(=O)NCC(=O)N=C(CCCN)C(=O)N1CC[C@H]1C(=O)N[C@@H](Cc1ccc(Cl)cc1)C(=O)N[C@@H](CCCCN)C(=O)N/C(=C\CCN=C(N)N)C(=O)O. The number of halogens is 1. The van der Waals surface area contributed by atoms with Gasteiger partial charge in [0.15, 0.2) is 5.96 Å². The molecule has 1 aromatic carbocycles. The van der Waals surface area contributed by atoms with E-state index < -0.39 is 114 Å². The van der Waals surface area contributed by atoms with Crippen molar-refractivity contribution in [1.29, 1.82) is 0 Å². The fourth-order valence-corrected chi connectivity index (χ4v) is 7.10. The average molecular weight is 1050 g/mol. The quantitative estimate of drug-likeness (QED) is 0.0136. The molecule has 0 spiro atoms. The number of benzene rings is 1. The lowest BCUT2D eigenvalue weighted by Crippen LogP contribution is -2.63. The summed E-state index contributed by atoms with van der Waals surface area (Å²) in [6.07, 6.45) is 2.15. The van der Waals surface area contributed by atoms with Gasteiger partial charge in [-0.2, -0.15) is 0 Å². The molecule has 73 heavy (non-hydrogen) atoms. The highest BCUT2D eigenvalue weighted by atomic mass is 35.5. The molecule has 0 saturated carbocycles. The van der Waals surface area contributed by atoms with Crippen LogP contribution in [0.15, 0.2) is 46.0 Å². The number of carbonyl (C=O) groups excluding carboxylic acids is 8. The first-order chi connectivity index (χ1) is 34.7. The van der Waals surface area contributed by atoms with Crippen molar-refractivity contribution < 1.29 is 53.4 Å². The largest absolute Gasteiger partial charge is 0.477 e. The van der Waals surface area contributed by atoms with E-state index >= 15 is 0 Å². The van der Waals surface area contributed by atoms with E-state index in [-0.39, 0.29) is 82.8 Å². The number of likely N-dealkylation sites (tertiary alicyclic amines) is 1. The van der Waals surface area contributed by atoms with Crippen molar-refractivity contribution in [2.75, 3.05) is 45.8 Å². The number of nitrogens with two attached hydrogens (primary N) is 7. The van der Waals surface area contributed by atoms with Gasteiger partial charge in [-0.3, -0.25) is 43.3 Å². The van der Waals surface area contributed by atoms with Crippen molar-refractivity contribution in [3.05, 3.63) is 46.6 Å². The first-order valence-corrected chi connectivity index (χ1v) is 24.2. The summed E-state index contributed by atoms with van der Waals surface area (Å²) in [4.78, 5) is 128. The number of hydrogen-bond donors (Lipinski definition) is 15. The van der Waals surface area contributed by atoms with E-state index in [1.807, 2.05) is 0 Å². The van der Waals surface area contributed by atoms with Gasteiger partial charge in [-0.1, -0.05) is 36.2 Å². The van der Waals surface area contributed by atoms with Gasteiger partial charge in [0.1, 0.15) is 41.6 Å². The molecule has 7 atom stereocenters. The number of aliphatic carboxylic acids is 1. The Balaban J connectivity index is 2.25. The Morgan fingerprint density at radius 1 is 0.808 bits per heavy atom. The van der Waals surface area contributed by atoms with Crippen molar-refractivity contribution in [1.82, 2.24) is 36.8 Å². The summed E-state index contributed by atoms with van der Waals surface area (Å²) in [5.74, 6) is -8.43. The summed E-state index contributed by atoms with van der Waals surface area (Å²) >= 11 is 6.10. The number of nitrogens with zero attached hydrogens (tertiary/aromatic N) is 3. The summed E-state index contributed by atoms with van der Waals surface area (Å²) in [5, 5.41) is 35.2. The van der Waals surface area contributed by atoms with Gasteiger partial charge in [0.25, 0.3) is 11.8 Å². The Kier molecular flexibility index (Phi) is 28.4. The molecule has 406 valence electrons. The minimum atomic E-state index is -1.57. The number of aliphatic hydroxyl groups is 1. The zero-order chi connectivity index (χ0) is 54.6. The van der Waals surface area contributed by atoms with E-state index in [1.165, 1.54) is 13.0 Å². The first kappa shape index (κ1) is 62.5. The zero-order valence-corrected chi connectivity index (χ0v) is 41.7. The maximum Gasteiger partial charge on any atom is 0.352 e. The molecule has 1 fully saturated rings. The second-order valence-electron chi connectivity index (χ2n) is 17.0. The van der Waals surface area contributed by atoms with Crippen molar-refractivity contribution in [2.24, 2.45) is 50.1 Å². The van der Waals surface area contributed by atoms with Gasteiger partial charge in [0.2, 0.25) is 35.4 Å². The number of nitrogens with one attached hydrogen (secondary N) is 6. The minimum Gasteiger partial charge on any atom is -0.477 e. The number of aliphatic hydroxyl groups excluding tert-OH is 1. The molecular formula is C45H73ClN16O11. The van der Waals surface area contributed by atoms with Gasteiger partial charge in [0.05, 0.1) is 18.7 Å². The monoisotopic (exact) mass is 1050 g/mol.